The van der Waals surface area contributed by atoms with Gasteiger partial charge in [0, 0.05) is 24.4 Å². The number of carbonyl (C=O) groups is 1. The van der Waals surface area contributed by atoms with E-state index in [2.05, 4.69) is 28.3 Å². The summed E-state index contributed by atoms with van der Waals surface area (Å²) >= 11 is 1.51. The summed E-state index contributed by atoms with van der Waals surface area (Å²) in [6.45, 7) is 3.01. The van der Waals surface area contributed by atoms with E-state index in [0.29, 0.717) is 18.2 Å². The number of carbonyl (C=O) groups excluding carboxylic acids is 1. The molecule has 0 bridgehead atoms. The van der Waals surface area contributed by atoms with Gasteiger partial charge < -0.3 is 15.0 Å². The number of likely N-dealkylation sites (N-methyl/N-ethyl adjacent to an activating group) is 1. The van der Waals surface area contributed by atoms with Gasteiger partial charge in [-0.1, -0.05) is 24.3 Å². The summed E-state index contributed by atoms with van der Waals surface area (Å²) in [5, 5.41) is 3.65. The van der Waals surface area contributed by atoms with Crippen LogP contribution in [0.3, 0.4) is 0 Å². The standard InChI is InChI=1S/C17H19N3O2S/c1-20-7-6-13-15(8-20)23-17(19-13)16(21)18-14-10-22-9-11-4-2-3-5-12(11)14/h2-5,14H,6-10H2,1H3,(H,18,21). The highest BCUT2D eigenvalue weighted by molar-refractivity contribution is 7.13. The molecular formula is C17H19N3O2S. The van der Waals surface area contributed by atoms with Crippen molar-refractivity contribution in [3.05, 3.63) is 51.0 Å². The van der Waals surface area contributed by atoms with Crippen molar-refractivity contribution in [3.63, 3.8) is 0 Å². The van der Waals surface area contributed by atoms with Gasteiger partial charge in [0.15, 0.2) is 5.01 Å². The lowest BCUT2D eigenvalue weighted by Crippen LogP contribution is -2.34. The van der Waals surface area contributed by atoms with E-state index in [4.69, 9.17) is 4.74 Å². The molecule has 2 aliphatic heterocycles. The molecular weight excluding hydrogens is 310 g/mol. The first-order chi connectivity index (χ1) is 11.2. The van der Waals surface area contributed by atoms with Gasteiger partial charge in [-0.3, -0.25) is 4.79 Å². The Balaban J connectivity index is 1.53. The van der Waals surface area contributed by atoms with E-state index in [1.807, 2.05) is 18.2 Å². The molecule has 0 fully saturated rings. The first-order valence-electron chi connectivity index (χ1n) is 7.84. The zero-order valence-corrected chi connectivity index (χ0v) is 13.9. The lowest BCUT2D eigenvalue weighted by molar-refractivity contribution is 0.0708. The predicted octanol–water partition coefficient (Wildman–Crippen LogP) is 2.13. The molecule has 4 rings (SSSR count). The largest absolute Gasteiger partial charge is 0.374 e. The Kier molecular flexibility index (Phi) is 3.88. The molecule has 120 valence electrons. The fourth-order valence-corrected chi connectivity index (χ4v) is 4.23. The molecule has 2 aromatic rings. The summed E-state index contributed by atoms with van der Waals surface area (Å²) in [5.74, 6) is -0.0997. The summed E-state index contributed by atoms with van der Waals surface area (Å²) in [6, 6.07) is 8.01. The minimum Gasteiger partial charge on any atom is -0.374 e. The molecule has 1 unspecified atom stereocenters. The lowest BCUT2D eigenvalue weighted by Gasteiger charge is -2.26. The van der Waals surface area contributed by atoms with Crippen LogP contribution in [0.25, 0.3) is 0 Å². The Hall–Kier alpha value is -1.76. The molecule has 1 N–H and O–H groups in total. The maximum atomic E-state index is 12.6. The number of hydrogen-bond donors (Lipinski definition) is 1. The average molecular weight is 329 g/mol. The van der Waals surface area contributed by atoms with Crippen molar-refractivity contribution in [3.8, 4) is 0 Å². The zero-order chi connectivity index (χ0) is 15.8. The first-order valence-corrected chi connectivity index (χ1v) is 8.66. The first kappa shape index (κ1) is 14.8. The average Bonchev–Trinajstić information content (AvgIpc) is 2.98. The Morgan fingerprint density at radius 2 is 2.30 bits per heavy atom. The van der Waals surface area contributed by atoms with Gasteiger partial charge in [-0.15, -0.1) is 11.3 Å². The molecule has 0 radical (unpaired) electrons. The van der Waals surface area contributed by atoms with Crippen LogP contribution in [-0.2, 0) is 24.3 Å². The molecule has 1 aromatic heterocycles. The van der Waals surface area contributed by atoms with Gasteiger partial charge in [0.1, 0.15) is 0 Å². The summed E-state index contributed by atoms with van der Waals surface area (Å²) in [4.78, 5) is 20.6. The second-order valence-electron chi connectivity index (χ2n) is 6.12. The Bertz CT molecular complexity index is 743. The van der Waals surface area contributed by atoms with Gasteiger partial charge in [-0.25, -0.2) is 4.98 Å². The molecule has 0 aliphatic carbocycles. The van der Waals surface area contributed by atoms with E-state index < -0.39 is 0 Å². The summed E-state index contributed by atoms with van der Waals surface area (Å²) in [5.41, 5.74) is 3.37. The third-order valence-electron chi connectivity index (χ3n) is 4.39. The summed E-state index contributed by atoms with van der Waals surface area (Å²) in [6.07, 6.45) is 0.922. The number of benzene rings is 1. The minimum absolute atomic E-state index is 0.0997. The van der Waals surface area contributed by atoms with E-state index >= 15 is 0 Å². The van der Waals surface area contributed by atoms with E-state index in [1.54, 1.807) is 0 Å². The second-order valence-corrected chi connectivity index (χ2v) is 7.20. The fourth-order valence-electron chi connectivity index (χ4n) is 3.14. The number of thiazole rings is 1. The number of hydrogen-bond acceptors (Lipinski definition) is 5. The van der Waals surface area contributed by atoms with Gasteiger partial charge in [0.05, 0.1) is 24.9 Å². The number of amides is 1. The van der Waals surface area contributed by atoms with Crippen molar-refractivity contribution in [2.24, 2.45) is 0 Å². The normalized spacial score (nSPS) is 20.7. The lowest BCUT2D eigenvalue weighted by atomic mass is 9.99. The zero-order valence-electron chi connectivity index (χ0n) is 13.0. The molecule has 0 saturated heterocycles. The van der Waals surface area contributed by atoms with Gasteiger partial charge in [-0.2, -0.15) is 0 Å². The van der Waals surface area contributed by atoms with Crippen molar-refractivity contribution in [1.29, 1.82) is 0 Å². The Morgan fingerprint density at radius 3 is 3.22 bits per heavy atom. The van der Waals surface area contributed by atoms with Crippen molar-refractivity contribution < 1.29 is 9.53 Å². The van der Waals surface area contributed by atoms with Crippen LogP contribution in [0.5, 0.6) is 0 Å². The van der Waals surface area contributed by atoms with Crippen molar-refractivity contribution in [2.75, 3.05) is 20.2 Å². The number of fused-ring (bicyclic) bond motifs is 2. The van der Waals surface area contributed by atoms with Crippen molar-refractivity contribution >= 4 is 17.2 Å². The summed E-state index contributed by atoms with van der Waals surface area (Å²) in [7, 11) is 2.10. The number of aromatic nitrogens is 1. The quantitative estimate of drug-likeness (QED) is 0.917. The van der Waals surface area contributed by atoms with Crippen LogP contribution in [0.1, 0.15) is 37.5 Å². The van der Waals surface area contributed by atoms with Crippen LogP contribution in [0, 0.1) is 0 Å². The fraction of sp³-hybridized carbons (Fsp3) is 0.412. The van der Waals surface area contributed by atoms with Crippen LogP contribution in [-0.4, -0.2) is 36.0 Å². The van der Waals surface area contributed by atoms with Gasteiger partial charge in [0.25, 0.3) is 5.91 Å². The van der Waals surface area contributed by atoms with Crippen LogP contribution in [0.4, 0.5) is 0 Å². The highest BCUT2D eigenvalue weighted by Gasteiger charge is 2.26. The molecule has 5 nitrogen and oxygen atoms in total. The Morgan fingerprint density at radius 1 is 1.43 bits per heavy atom. The predicted molar refractivity (Wildman–Crippen MR) is 88.5 cm³/mol. The number of nitrogens with one attached hydrogen (secondary N) is 1. The molecule has 6 heteroatoms. The molecule has 1 atom stereocenters. The van der Waals surface area contributed by atoms with E-state index in [1.165, 1.54) is 16.2 Å². The van der Waals surface area contributed by atoms with Crippen LogP contribution in [0.15, 0.2) is 24.3 Å². The number of rotatable bonds is 2. The molecule has 2 aliphatic rings. The molecule has 0 spiro atoms. The van der Waals surface area contributed by atoms with Crippen LogP contribution >= 0.6 is 11.3 Å². The topological polar surface area (TPSA) is 54.5 Å². The summed E-state index contributed by atoms with van der Waals surface area (Å²) < 4.78 is 5.60. The minimum atomic E-state index is -0.101. The second kappa shape index (κ2) is 6.03. The molecule has 3 heterocycles. The van der Waals surface area contributed by atoms with E-state index in [0.717, 1.165) is 36.3 Å². The van der Waals surface area contributed by atoms with E-state index in [9.17, 15) is 4.79 Å². The van der Waals surface area contributed by atoms with Crippen LogP contribution < -0.4 is 5.32 Å². The van der Waals surface area contributed by atoms with E-state index in [-0.39, 0.29) is 11.9 Å². The van der Waals surface area contributed by atoms with Crippen LogP contribution in [0.2, 0.25) is 0 Å². The Labute approximate surface area is 139 Å². The maximum Gasteiger partial charge on any atom is 0.280 e. The molecule has 1 aromatic carbocycles. The highest BCUT2D eigenvalue weighted by Crippen LogP contribution is 2.27. The smallest absolute Gasteiger partial charge is 0.280 e. The van der Waals surface area contributed by atoms with Crippen molar-refractivity contribution in [1.82, 2.24) is 15.2 Å². The highest BCUT2D eigenvalue weighted by atomic mass is 32.1. The number of nitrogens with zero attached hydrogens (tertiary/aromatic N) is 2. The van der Waals surface area contributed by atoms with Gasteiger partial charge in [-0.05, 0) is 18.2 Å². The van der Waals surface area contributed by atoms with Gasteiger partial charge in [0.2, 0.25) is 0 Å². The number of ether oxygens (including phenoxy) is 1. The van der Waals surface area contributed by atoms with Crippen molar-refractivity contribution in [2.45, 2.75) is 25.6 Å². The maximum absolute atomic E-state index is 12.6. The molecule has 23 heavy (non-hydrogen) atoms. The molecule has 0 saturated carbocycles. The SMILES string of the molecule is CN1CCc2nc(C(=O)NC3COCc4ccccc43)sc2C1. The third kappa shape index (κ3) is 2.89. The molecule has 1 amide bonds. The van der Waals surface area contributed by atoms with Gasteiger partial charge >= 0.3 is 0 Å². The monoisotopic (exact) mass is 329 g/mol. The third-order valence-corrected chi connectivity index (χ3v) is 5.48.